The molecule has 20 heavy (non-hydrogen) atoms. The number of methoxy groups -OCH3 is 1. The molecule has 1 rings (SSSR count). The predicted octanol–water partition coefficient (Wildman–Crippen LogP) is 4.29. The van der Waals surface area contributed by atoms with E-state index in [4.69, 9.17) is 4.74 Å². The van der Waals surface area contributed by atoms with Gasteiger partial charge in [0.1, 0.15) is 0 Å². The van der Waals surface area contributed by atoms with Crippen LogP contribution in [0, 0.1) is 0 Å². The van der Waals surface area contributed by atoms with E-state index in [2.05, 4.69) is 42.0 Å². The molecule has 0 fully saturated rings. The van der Waals surface area contributed by atoms with Gasteiger partial charge in [-0.2, -0.15) is 0 Å². The van der Waals surface area contributed by atoms with Gasteiger partial charge in [-0.05, 0) is 37.0 Å². The van der Waals surface area contributed by atoms with E-state index in [0.717, 1.165) is 35.8 Å². The van der Waals surface area contributed by atoms with E-state index in [0.29, 0.717) is 5.56 Å². The van der Waals surface area contributed by atoms with E-state index in [9.17, 15) is 4.79 Å². The average molecular weight is 342 g/mol. The fourth-order valence-electron chi connectivity index (χ4n) is 2.34. The lowest BCUT2D eigenvalue weighted by atomic mass is 9.89. The summed E-state index contributed by atoms with van der Waals surface area (Å²) in [5, 5.41) is 3.66. The zero-order chi connectivity index (χ0) is 15.2. The third-order valence-electron chi connectivity index (χ3n) is 4.16. The molecule has 1 N–H and O–H groups in total. The second-order valence-electron chi connectivity index (χ2n) is 4.99. The number of carbonyl (C=O) groups is 1. The molecule has 1 aromatic rings. The van der Waals surface area contributed by atoms with Gasteiger partial charge in [0, 0.05) is 16.6 Å². The monoisotopic (exact) mass is 341 g/mol. The van der Waals surface area contributed by atoms with Crippen molar-refractivity contribution < 1.29 is 9.53 Å². The summed E-state index contributed by atoms with van der Waals surface area (Å²) in [4.78, 5) is 11.5. The van der Waals surface area contributed by atoms with Crippen LogP contribution in [0.1, 0.15) is 56.0 Å². The van der Waals surface area contributed by atoms with Crippen LogP contribution in [0.25, 0.3) is 0 Å². The molecule has 0 aromatic heterocycles. The summed E-state index contributed by atoms with van der Waals surface area (Å²) in [6, 6.07) is 5.59. The molecular formula is C16H24BrNO2. The Morgan fingerprint density at radius 2 is 1.85 bits per heavy atom. The van der Waals surface area contributed by atoms with Crippen molar-refractivity contribution >= 4 is 21.9 Å². The number of benzene rings is 1. The van der Waals surface area contributed by atoms with Crippen LogP contribution in [0.15, 0.2) is 22.7 Å². The Bertz CT molecular complexity index is 448. The molecule has 0 saturated carbocycles. The number of hydrogen-bond donors (Lipinski definition) is 1. The lowest BCUT2D eigenvalue weighted by Gasteiger charge is -2.32. The zero-order valence-electron chi connectivity index (χ0n) is 12.8. The molecule has 3 nitrogen and oxygen atoms in total. The van der Waals surface area contributed by atoms with Gasteiger partial charge in [0.15, 0.2) is 0 Å². The molecule has 0 aliphatic carbocycles. The molecule has 1 aromatic carbocycles. The Balaban J connectivity index is 2.81. The normalized spacial score (nSPS) is 11.4. The van der Waals surface area contributed by atoms with E-state index in [1.807, 2.05) is 12.1 Å². The number of hydrogen-bond acceptors (Lipinski definition) is 3. The second-order valence-corrected chi connectivity index (χ2v) is 5.85. The van der Waals surface area contributed by atoms with Gasteiger partial charge < -0.3 is 10.1 Å². The van der Waals surface area contributed by atoms with E-state index >= 15 is 0 Å². The molecule has 0 bridgehead atoms. The molecule has 0 saturated heterocycles. The lowest BCUT2D eigenvalue weighted by molar-refractivity contribution is 0.0600. The SMILES string of the molecule is CCC(CC)(CC)NCc1ccc(C(=O)OC)cc1Br. The first-order valence-electron chi connectivity index (χ1n) is 7.13. The molecular weight excluding hydrogens is 318 g/mol. The smallest absolute Gasteiger partial charge is 0.337 e. The Hall–Kier alpha value is -0.870. The third-order valence-corrected chi connectivity index (χ3v) is 4.90. The third kappa shape index (κ3) is 4.06. The maximum absolute atomic E-state index is 11.5. The van der Waals surface area contributed by atoms with E-state index < -0.39 is 0 Å². The van der Waals surface area contributed by atoms with Gasteiger partial charge >= 0.3 is 5.97 Å². The van der Waals surface area contributed by atoms with Crippen molar-refractivity contribution in [1.82, 2.24) is 5.32 Å². The summed E-state index contributed by atoms with van der Waals surface area (Å²) in [7, 11) is 1.39. The Morgan fingerprint density at radius 3 is 2.30 bits per heavy atom. The molecule has 0 aliphatic rings. The molecule has 4 heteroatoms. The summed E-state index contributed by atoms with van der Waals surface area (Å²) in [6.45, 7) is 7.44. The summed E-state index contributed by atoms with van der Waals surface area (Å²) < 4.78 is 5.66. The van der Waals surface area contributed by atoms with E-state index in [-0.39, 0.29) is 11.5 Å². The Morgan fingerprint density at radius 1 is 1.25 bits per heavy atom. The van der Waals surface area contributed by atoms with Crippen molar-refractivity contribution in [3.8, 4) is 0 Å². The first kappa shape index (κ1) is 17.2. The number of ether oxygens (including phenoxy) is 1. The molecule has 0 radical (unpaired) electrons. The van der Waals surface area contributed by atoms with E-state index in [1.165, 1.54) is 7.11 Å². The van der Waals surface area contributed by atoms with Crippen LogP contribution < -0.4 is 5.32 Å². The van der Waals surface area contributed by atoms with Gasteiger partial charge in [-0.1, -0.05) is 42.8 Å². The fraction of sp³-hybridized carbons (Fsp3) is 0.562. The Kier molecular flexibility index (Phi) is 6.69. The first-order chi connectivity index (χ1) is 9.51. The number of halogens is 1. The predicted molar refractivity (Wildman–Crippen MR) is 85.9 cm³/mol. The highest BCUT2D eigenvalue weighted by Crippen LogP contribution is 2.23. The van der Waals surface area contributed by atoms with Crippen molar-refractivity contribution in [2.75, 3.05) is 7.11 Å². The maximum Gasteiger partial charge on any atom is 0.337 e. The summed E-state index contributed by atoms with van der Waals surface area (Å²) in [6.07, 6.45) is 3.33. The minimum Gasteiger partial charge on any atom is -0.465 e. The van der Waals surface area contributed by atoms with Crippen molar-refractivity contribution in [3.05, 3.63) is 33.8 Å². The van der Waals surface area contributed by atoms with Gasteiger partial charge in [-0.25, -0.2) is 4.79 Å². The molecule has 0 aliphatic heterocycles. The molecule has 0 spiro atoms. The average Bonchev–Trinajstić information content (AvgIpc) is 2.49. The highest BCUT2D eigenvalue weighted by molar-refractivity contribution is 9.10. The van der Waals surface area contributed by atoms with Crippen molar-refractivity contribution in [1.29, 1.82) is 0 Å². The van der Waals surface area contributed by atoms with Crippen LogP contribution >= 0.6 is 15.9 Å². The van der Waals surface area contributed by atoms with Crippen molar-refractivity contribution in [2.24, 2.45) is 0 Å². The zero-order valence-corrected chi connectivity index (χ0v) is 14.3. The van der Waals surface area contributed by atoms with Gasteiger partial charge in [-0.3, -0.25) is 0 Å². The van der Waals surface area contributed by atoms with Gasteiger partial charge in [0.25, 0.3) is 0 Å². The molecule has 0 heterocycles. The van der Waals surface area contributed by atoms with E-state index in [1.54, 1.807) is 6.07 Å². The summed E-state index contributed by atoms with van der Waals surface area (Å²) in [5.74, 6) is -0.310. The maximum atomic E-state index is 11.5. The fourth-order valence-corrected chi connectivity index (χ4v) is 2.86. The van der Waals surface area contributed by atoms with Crippen LogP contribution in [-0.4, -0.2) is 18.6 Å². The highest BCUT2D eigenvalue weighted by Gasteiger charge is 2.23. The van der Waals surface area contributed by atoms with Crippen LogP contribution in [0.3, 0.4) is 0 Å². The largest absolute Gasteiger partial charge is 0.465 e. The van der Waals surface area contributed by atoms with Crippen LogP contribution in [0.5, 0.6) is 0 Å². The number of nitrogens with one attached hydrogen (secondary N) is 1. The van der Waals surface area contributed by atoms with Crippen LogP contribution in [0.2, 0.25) is 0 Å². The van der Waals surface area contributed by atoms with Crippen LogP contribution in [-0.2, 0) is 11.3 Å². The number of carbonyl (C=O) groups excluding carboxylic acids is 1. The Labute approximate surface area is 130 Å². The van der Waals surface area contributed by atoms with Crippen molar-refractivity contribution in [3.63, 3.8) is 0 Å². The standard InChI is InChI=1S/C16H24BrNO2/c1-5-16(6-2,7-3)18-11-13-9-8-12(10-14(13)17)15(19)20-4/h8-10,18H,5-7,11H2,1-4H3. The minimum absolute atomic E-state index is 0.195. The summed E-state index contributed by atoms with van der Waals surface area (Å²) in [5.41, 5.74) is 1.91. The summed E-state index contributed by atoms with van der Waals surface area (Å²) >= 11 is 3.53. The lowest BCUT2D eigenvalue weighted by Crippen LogP contribution is -2.43. The molecule has 112 valence electrons. The topological polar surface area (TPSA) is 38.3 Å². The van der Waals surface area contributed by atoms with Gasteiger partial charge in [-0.15, -0.1) is 0 Å². The second kappa shape index (κ2) is 7.79. The van der Waals surface area contributed by atoms with Gasteiger partial charge in [0.05, 0.1) is 12.7 Å². The highest BCUT2D eigenvalue weighted by atomic mass is 79.9. The minimum atomic E-state index is -0.310. The number of esters is 1. The molecule has 0 unspecified atom stereocenters. The molecule has 0 amide bonds. The molecule has 0 atom stereocenters. The van der Waals surface area contributed by atoms with Gasteiger partial charge in [0.2, 0.25) is 0 Å². The van der Waals surface area contributed by atoms with Crippen molar-refractivity contribution in [2.45, 2.75) is 52.1 Å². The quantitative estimate of drug-likeness (QED) is 0.751. The first-order valence-corrected chi connectivity index (χ1v) is 7.93. The van der Waals surface area contributed by atoms with Crippen LogP contribution in [0.4, 0.5) is 0 Å². The number of rotatable bonds is 7.